The van der Waals surface area contributed by atoms with Crippen LogP contribution in [0.2, 0.25) is 0 Å². The fourth-order valence-corrected chi connectivity index (χ4v) is 1.51. The molecule has 1 heterocycles. The van der Waals surface area contributed by atoms with Crippen molar-refractivity contribution in [2.75, 3.05) is 34.9 Å². The molecule has 0 aromatic heterocycles. The van der Waals surface area contributed by atoms with Gasteiger partial charge >= 0.3 is 9.53 Å². The SMILES string of the molecule is CC1CCN1C.CO[SiH](OC)OC. The van der Waals surface area contributed by atoms with Crippen LogP contribution in [-0.2, 0) is 13.3 Å². The van der Waals surface area contributed by atoms with E-state index in [4.69, 9.17) is 13.3 Å². The molecule has 0 spiro atoms. The number of rotatable bonds is 3. The molecule has 1 saturated heterocycles. The quantitative estimate of drug-likeness (QED) is 0.625. The van der Waals surface area contributed by atoms with Crippen LogP contribution < -0.4 is 0 Å². The molecule has 4 nitrogen and oxygen atoms in total. The van der Waals surface area contributed by atoms with Gasteiger partial charge < -0.3 is 18.2 Å². The minimum absolute atomic E-state index is 0.866. The summed E-state index contributed by atoms with van der Waals surface area (Å²) in [5, 5.41) is 0. The first kappa shape index (κ1) is 13.1. The van der Waals surface area contributed by atoms with Gasteiger partial charge in [0, 0.05) is 27.4 Å². The molecule has 1 rings (SSSR count). The van der Waals surface area contributed by atoms with E-state index in [2.05, 4.69) is 18.9 Å². The molecule has 0 saturated carbocycles. The molecule has 5 heteroatoms. The van der Waals surface area contributed by atoms with Crippen LogP contribution in [0.3, 0.4) is 0 Å². The van der Waals surface area contributed by atoms with E-state index in [0.29, 0.717) is 0 Å². The third kappa shape index (κ3) is 5.38. The molecule has 0 aliphatic carbocycles. The van der Waals surface area contributed by atoms with Crippen LogP contribution in [-0.4, -0.2) is 55.4 Å². The average Bonchev–Trinajstić information content (AvgIpc) is 2.19. The Kier molecular flexibility index (Phi) is 7.49. The predicted octanol–water partition coefficient (Wildman–Crippen LogP) is 0.353. The number of likely N-dealkylation sites (tertiary alicyclic amines) is 1. The maximum atomic E-state index is 4.74. The normalized spacial score (nSPS) is 22.2. The van der Waals surface area contributed by atoms with Crippen LogP contribution in [0.5, 0.6) is 0 Å². The van der Waals surface area contributed by atoms with E-state index in [1.807, 2.05) is 0 Å². The Balaban J connectivity index is 0.000000223. The second-order valence-corrected chi connectivity index (χ2v) is 5.11. The van der Waals surface area contributed by atoms with E-state index in [0.717, 1.165) is 6.04 Å². The number of hydrogen-bond acceptors (Lipinski definition) is 4. The summed E-state index contributed by atoms with van der Waals surface area (Å²) in [7, 11) is 5.21. The van der Waals surface area contributed by atoms with Crippen molar-refractivity contribution < 1.29 is 13.3 Å². The van der Waals surface area contributed by atoms with Crippen molar-refractivity contribution in [3.05, 3.63) is 0 Å². The number of hydrogen-bond donors (Lipinski definition) is 0. The molecule has 0 bridgehead atoms. The van der Waals surface area contributed by atoms with Gasteiger partial charge in [-0.25, -0.2) is 0 Å². The lowest BCUT2D eigenvalue weighted by molar-refractivity contribution is 0.143. The van der Waals surface area contributed by atoms with Crippen LogP contribution in [0.1, 0.15) is 13.3 Å². The monoisotopic (exact) mass is 207 g/mol. The molecule has 1 fully saturated rings. The van der Waals surface area contributed by atoms with Gasteiger partial charge in [-0.1, -0.05) is 0 Å². The van der Waals surface area contributed by atoms with Gasteiger partial charge in [0.15, 0.2) is 0 Å². The fraction of sp³-hybridized carbons (Fsp3) is 1.00. The summed E-state index contributed by atoms with van der Waals surface area (Å²) >= 11 is 0. The van der Waals surface area contributed by atoms with E-state index in [1.54, 1.807) is 21.3 Å². The summed E-state index contributed by atoms with van der Waals surface area (Å²) < 4.78 is 14.2. The lowest BCUT2D eigenvalue weighted by atomic mass is 10.1. The van der Waals surface area contributed by atoms with Crippen molar-refractivity contribution >= 4 is 9.53 Å². The summed E-state index contributed by atoms with van der Waals surface area (Å²) in [6.45, 7) is 3.56. The highest BCUT2D eigenvalue weighted by Gasteiger charge is 2.17. The van der Waals surface area contributed by atoms with Gasteiger partial charge in [-0.2, -0.15) is 0 Å². The van der Waals surface area contributed by atoms with E-state index in [1.165, 1.54) is 13.0 Å². The second-order valence-electron chi connectivity index (χ2n) is 3.11. The number of nitrogens with zero attached hydrogens (tertiary/aromatic N) is 1. The summed E-state index contributed by atoms with van der Waals surface area (Å²) in [6.07, 6.45) is 1.40. The molecule has 0 aromatic carbocycles. The maximum absolute atomic E-state index is 4.74. The molecule has 0 aromatic rings. The largest absolute Gasteiger partial charge is 0.483 e. The van der Waals surface area contributed by atoms with Gasteiger partial charge in [-0.3, -0.25) is 0 Å². The molecule has 0 amide bonds. The molecular weight excluding hydrogens is 186 g/mol. The third-order valence-electron chi connectivity index (χ3n) is 2.23. The predicted molar refractivity (Wildman–Crippen MR) is 54.9 cm³/mol. The van der Waals surface area contributed by atoms with Crippen LogP contribution in [0.25, 0.3) is 0 Å². The summed E-state index contributed by atoms with van der Waals surface area (Å²) in [4.78, 5) is 2.35. The van der Waals surface area contributed by atoms with Crippen LogP contribution in [0.4, 0.5) is 0 Å². The summed E-state index contributed by atoms with van der Waals surface area (Å²) in [5.41, 5.74) is 0. The van der Waals surface area contributed by atoms with Crippen molar-refractivity contribution in [1.82, 2.24) is 4.90 Å². The first-order valence-electron chi connectivity index (χ1n) is 4.44. The molecule has 13 heavy (non-hydrogen) atoms. The molecule has 1 aliphatic rings. The highest BCUT2D eigenvalue weighted by Crippen LogP contribution is 2.11. The fourth-order valence-electron chi connectivity index (χ4n) is 0.934. The molecule has 0 N–H and O–H groups in total. The Morgan fingerprint density at radius 2 is 1.54 bits per heavy atom. The van der Waals surface area contributed by atoms with Crippen molar-refractivity contribution in [2.45, 2.75) is 19.4 Å². The lowest BCUT2D eigenvalue weighted by Crippen LogP contribution is -2.41. The van der Waals surface area contributed by atoms with E-state index in [-0.39, 0.29) is 0 Å². The van der Waals surface area contributed by atoms with Gasteiger partial charge in [-0.15, -0.1) is 0 Å². The second kappa shape index (κ2) is 7.46. The Morgan fingerprint density at radius 3 is 1.54 bits per heavy atom. The minimum atomic E-state index is -1.67. The summed E-state index contributed by atoms with van der Waals surface area (Å²) in [5.74, 6) is 0. The molecule has 0 radical (unpaired) electrons. The van der Waals surface area contributed by atoms with Crippen molar-refractivity contribution in [3.63, 3.8) is 0 Å². The Hall–Kier alpha value is 0.0569. The Morgan fingerprint density at radius 1 is 1.15 bits per heavy atom. The van der Waals surface area contributed by atoms with Gasteiger partial charge in [0.05, 0.1) is 0 Å². The van der Waals surface area contributed by atoms with Gasteiger partial charge in [0.1, 0.15) is 0 Å². The molecular formula is C8H21NO3Si. The zero-order valence-corrected chi connectivity index (χ0v) is 10.4. The Bertz CT molecular complexity index is 108. The first-order valence-corrected chi connectivity index (χ1v) is 5.85. The zero-order valence-electron chi connectivity index (χ0n) is 9.24. The lowest BCUT2D eigenvalue weighted by Gasteiger charge is -2.34. The zero-order chi connectivity index (χ0) is 10.3. The van der Waals surface area contributed by atoms with Gasteiger partial charge in [0.25, 0.3) is 0 Å². The smallest absolute Gasteiger partial charge is 0.379 e. The van der Waals surface area contributed by atoms with Gasteiger partial charge in [-0.05, 0) is 26.9 Å². The van der Waals surface area contributed by atoms with Crippen LogP contribution in [0.15, 0.2) is 0 Å². The van der Waals surface area contributed by atoms with Gasteiger partial charge in [0.2, 0.25) is 0 Å². The maximum Gasteiger partial charge on any atom is 0.483 e. The highest BCUT2D eigenvalue weighted by molar-refractivity contribution is 6.36. The first-order chi connectivity index (χ1) is 6.15. The van der Waals surface area contributed by atoms with E-state index < -0.39 is 9.53 Å². The molecule has 1 unspecified atom stereocenters. The highest BCUT2D eigenvalue weighted by atomic mass is 28.3. The van der Waals surface area contributed by atoms with Crippen molar-refractivity contribution in [1.29, 1.82) is 0 Å². The minimum Gasteiger partial charge on any atom is -0.379 e. The van der Waals surface area contributed by atoms with Crippen LogP contribution in [0, 0.1) is 0 Å². The van der Waals surface area contributed by atoms with E-state index in [9.17, 15) is 0 Å². The standard InChI is InChI=1S/C5H11N.C3H10O3Si/c1-5-3-4-6(5)2;1-4-7(5-2)6-3/h5H,3-4H2,1-2H3;7H,1-3H3. The average molecular weight is 207 g/mol. The molecule has 80 valence electrons. The molecule has 1 aliphatic heterocycles. The Labute approximate surface area is 82.7 Å². The third-order valence-corrected chi connectivity index (χ3v) is 3.38. The molecule has 1 atom stereocenters. The summed E-state index contributed by atoms with van der Waals surface area (Å²) in [6, 6.07) is 0.866. The van der Waals surface area contributed by atoms with Crippen LogP contribution >= 0.6 is 0 Å². The van der Waals surface area contributed by atoms with Crippen molar-refractivity contribution in [3.8, 4) is 0 Å². The van der Waals surface area contributed by atoms with Crippen molar-refractivity contribution in [2.24, 2.45) is 0 Å². The topological polar surface area (TPSA) is 30.9 Å². The van der Waals surface area contributed by atoms with E-state index >= 15 is 0 Å².